The van der Waals surface area contributed by atoms with E-state index in [0.29, 0.717) is 11.1 Å². The molecule has 116 valence electrons. The zero-order valence-corrected chi connectivity index (χ0v) is 14.4. The van der Waals surface area contributed by atoms with Crippen LogP contribution >= 0.6 is 22.9 Å². The van der Waals surface area contributed by atoms with Crippen molar-refractivity contribution in [1.29, 1.82) is 0 Å². The molecule has 0 aliphatic heterocycles. The van der Waals surface area contributed by atoms with E-state index in [0.717, 1.165) is 42.6 Å². The Labute approximate surface area is 134 Å². The highest BCUT2D eigenvalue weighted by molar-refractivity contribution is 7.18. The number of ether oxygens (including phenoxy) is 1. The zero-order valence-electron chi connectivity index (χ0n) is 12.8. The van der Waals surface area contributed by atoms with E-state index in [1.165, 1.54) is 4.88 Å². The summed E-state index contributed by atoms with van der Waals surface area (Å²) in [4.78, 5) is 11.1. The number of halogens is 1. The fourth-order valence-electron chi connectivity index (χ4n) is 1.98. The van der Waals surface area contributed by atoms with Gasteiger partial charge >= 0.3 is 0 Å². The molecule has 0 aromatic carbocycles. The highest BCUT2D eigenvalue weighted by atomic mass is 35.5. The third-order valence-electron chi connectivity index (χ3n) is 2.95. The first-order chi connectivity index (χ1) is 10.1. The topological polar surface area (TPSA) is 47.0 Å². The lowest BCUT2D eigenvalue weighted by atomic mass is 10.3. The number of fused-ring (bicyclic) bond motifs is 1. The van der Waals surface area contributed by atoms with Crippen LogP contribution in [-0.2, 0) is 11.2 Å². The number of hydrogen-bond acceptors (Lipinski definition) is 5. The molecular weight excluding hydrogens is 306 g/mol. The van der Waals surface area contributed by atoms with E-state index in [9.17, 15) is 0 Å². The van der Waals surface area contributed by atoms with Crippen molar-refractivity contribution < 1.29 is 4.74 Å². The summed E-state index contributed by atoms with van der Waals surface area (Å²) in [6.45, 7) is 7.76. The van der Waals surface area contributed by atoms with Crippen LogP contribution in [-0.4, -0.2) is 29.2 Å². The average molecular weight is 328 g/mol. The van der Waals surface area contributed by atoms with Crippen molar-refractivity contribution in [2.75, 3.05) is 18.5 Å². The summed E-state index contributed by atoms with van der Waals surface area (Å²) < 4.78 is 5.50. The van der Waals surface area contributed by atoms with Crippen LogP contribution in [0.4, 0.5) is 5.95 Å². The Balaban J connectivity index is 1.97. The van der Waals surface area contributed by atoms with Gasteiger partial charge < -0.3 is 10.1 Å². The summed E-state index contributed by atoms with van der Waals surface area (Å²) in [5.41, 5.74) is 0. The van der Waals surface area contributed by atoms with Crippen LogP contribution in [0.2, 0.25) is 5.15 Å². The summed E-state index contributed by atoms with van der Waals surface area (Å²) in [5, 5.41) is 4.70. The summed E-state index contributed by atoms with van der Waals surface area (Å²) in [6.07, 6.45) is 3.38. The van der Waals surface area contributed by atoms with E-state index < -0.39 is 0 Å². The van der Waals surface area contributed by atoms with Gasteiger partial charge in [0.1, 0.15) is 9.98 Å². The predicted molar refractivity (Wildman–Crippen MR) is 90.6 cm³/mol. The van der Waals surface area contributed by atoms with Gasteiger partial charge in [-0.25, -0.2) is 9.97 Å². The minimum atomic E-state index is 0.273. The lowest BCUT2D eigenvalue weighted by molar-refractivity contribution is 0.0787. The second-order valence-electron chi connectivity index (χ2n) is 5.22. The molecule has 21 heavy (non-hydrogen) atoms. The molecule has 0 saturated carbocycles. The zero-order chi connectivity index (χ0) is 15.2. The van der Waals surface area contributed by atoms with Gasteiger partial charge in [0.15, 0.2) is 0 Å². The number of hydrogen-bond donors (Lipinski definition) is 1. The van der Waals surface area contributed by atoms with Crippen LogP contribution in [0, 0.1) is 0 Å². The molecule has 6 heteroatoms. The molecule has 1 N–H and O–H groups in total. The van der Waals surface area contributed by atoms with Gasteiger partial charge in [-0.15, -0.1) is 11.3 Å². The fourth-order valence-corrected chi connectivity index (χ4v) is 3.39. The highest BCUT2D eigenvalue weighted by Gasteiger charge is 2.10. The maximum absolute atomic E-state index is 6.25. The van der Waals surface area contributed by atoms with Crippen LogP contribution < -0.4 is 5.32 Å². The SMILES string of the molecule is CCCc1cc2c(Cl)nc(NCCCOC(C)C)nc2s1. The molecule has 0 saturated heterocycles. The number of aromatic nitrogens is 2. The summed E-state index contributed by atoms with van der Waals surface area (Å²) in [5.74, 6) is 0.599. The molecule has 2 heterocycles. The van der Waals surface area contributed by atoms with E-state index in [2.05, 4.69) is 28.3 Å². The van der Waals surface area contributed by atoms with E-state index in [1.54, 1.807) is 11.3 Å². The molecule has 2 aromatic heterocycles. The van der Waals surface area contributed by atoms with Crippen molar-refractivity contribution in [3.8, 4) is 0 Å². The van der Waals surface area contributed by atoms with Gasteiger partial charge in [0.2, 0.25) is 5.95 Å². The molecule has 2 aromatic rings. The van der Waals surface area contributed by atoms with Gasteiger partial charge in [-0.05, 0) is 32.8 Å². The number of rotatable bonds is 8. The molecule has 0 amide bonds. The lowest BCUT2D eigenvalue weighted by Gasteiger charge is -2.08. The van der Waals surface area contributed by atoms with Crippen molar-refractivity contribution in [3.05, 3.63) is 16.1 Å². The number of anilines is 1. The predicted octanol–water partition coefficient (Wildman–Crippen LogP) is 4.52. The maximum atomic E-state index is 6.25. The van der Waals surface area contributed by atoms with E-state index >= 15 is 0 Å². The molecule has 4 nitrogen and oxygen atoms in total. The molecule has 0 atom stereocenters. The summed E-state index contributed by atoms with van der Waals surface area (Å²) in [7, 11) is 0. The monoisotopic (exact) mass is 327 g/mol. The Morgan fingerprint density at radius 2 is 2.19 bits per heavy atom. The third-order valence-corrected chi connectivity index (χ3v) is 4.33. The Hall–Kier alpha value is -0.910. The van der Waals surface area contributed by atoms with Crippen molar-refractivity contribution >= 4 is 39.1 Å². The first-order valence-corrected chi connectivity index (χ1v) is 8.61. The van der Waals surface area contributed by atoms with Crippen molar-refractivity contribution in [2.45, 2.75) is 46.1 Å². The van der Waals surface area contributed by atoms with E-state index in [-0.39, 0.29) is 6.10 Å². The van der Waals surface area contributed by atoms with Gasteiger partial charge in [-0.3, -0.25) is 0 Å². The van der Waals surface area contributed by atoms with Gasteiger partial charge in [0, 0.05) is 23.4 Å². The molecule has 0 aliphatic carbocycles. The fraction of sp³-hybridized carbons (Fsp3) is 0.600. The normalized spacial score (nSPS) is 11.5. The molecular formula is C15H22ClN3OS. The molecule has 2 rings (SSSR count). The van der Waals surface area contributed by atoms with Gasteiger partial charge in [0.25, 0.3) is 0 Å². The molecule has 0 bridgehead atoms. The lowest BCUT2D eigenvalue weighted by Crippen LogP contribution is -2.10. The van der Waals surface area contributed by atoms with Crippen LogP contribution in [0.5, 0.6) is 0 Å². The summed E-state index contributed by atoms with van der Waals surface area (Å²) in [6, 6.07) is 2.10. The third kappa shape index (κ3) is 4.80. The second-order valence-corrected chi connectivity index (χ2v) is 6.69. The van der Waals surface area contributed by atoms with E-state index in [1.807, 2.05) is 13.8 Å². The Kier molecular flexibility index (Phi) is 6.21. The first-order valence-electron chi connectivity index (χ1n) is 7.41. The van der Waals surface area contributed by atoms with Crippen LogP contribution in [0.25, 0.3) is 10.2 Å². The summed E-state index contributed by atoms with van der Waals surface area (Å²) >= 11 is 7.95. The Morgan fingerprint density at radius 3 is 2.90 bits per heavy atom. The number of nitrogens with zero attached hydrogens (tertiary/aromatic N) is 2. The smallest absolute Gasteiger partial charge is 0.225 e. The standard InChI is InChI=1S/C15H22ClN3OS/c1-4-6-11-9-12-13(16)18-15(19-14(12)21-11)17-7-5-8-20-10(2)3/h9-10H,4-8H2,1-3H3,(H,17,18,19). The van der Waals surface area contributed by atoms with Gasteiger partial charge in [0.05, 0.1) is 6.10 Å². The van der Waals surface area contributed by atoms with Gasteiger partial charge in [-0.1, -0.05) is 24.9 Å². The highest BCUT2D eigenvalue weighted by Crippen LogP contribution is 2.30. The molecule has 0 aliphatic rings. The minimum absolute atomic E-state index is 0.273. The number of nitrogens with one attached hydrogen (secondary N) is 1. The van der Waals surface area contributed by atoms with Crippen LogP contribution in [0.15, 0.2) is 6.07 Å². The molecule has 0 radical (unpaired) electrons. The van der Waals surface area contributed by atoms with E-state index in [4.69, 9.17) is 16.3 Å². The quantitative estimate of drug-likeness (QED) is 0.572. The van der Waals surface area contributed by atoms with Crippen LogP contribution in [0.1, 0.15) is 38.5 Å². The number of aryl methyl sites for hydroxylation is 1. The maximum Gasteiger partial charge on any atom is 0.225 e. The number of thiophene rings is 1. The average Bonchev–Trinajstić information content (AvgIpc) is 2.81. The second kappa shape index (κ2) is 7.92. The van der Waals surface area contributed by atoms with Crippen LogP contribution in [0.3, 0.4) is 0 Å². The van der Waals surface area contributed by atoms with Gasteiger partial charge in [-0.2, -0.15) is 0 Å². The Morgan fingerprint density at radius 1 is 1.38 bits per heavy atom. The van der Waals surface area contributed by atoms with Crippen molar-refractivity contribution in [3.63, 3.8) is 0 Å². The van der Waals surface area contributed by atoms with Crippen molar-refractivity contribution in [1.82, 2.24) is 9.97 Å². The molecule has 0 unspecified atom stereocenters. The Bertz CT molecular complexity index is 586. The largest absolute Gasteiger partial charge is 0.379 e. The molecule has 0 fully saturated rings. The first kappa shape index (κ1) is 16.5. The van der Waals surface area contributed by atoms with Crippen molar-refractivity contribution in [2.24, 2.45) is 0 Å². The molecule has 0 spiro atoms. The minimum Gasteiger partial charge on any atom is -0.379 e.